The molecule has 0 aliphatic carbocycles. The molecule has 0 aromatic heterocycles. The SMILES string of the molecule is COc1ccc(C(=O)NCC2=CCNCC2)cc1. The standard InChI is InChI=1S/C14H18N2O2/c1-18-13-4-2-12(3-5-13)14(17)16-10-11-6-8-15-9-7-11/h2-6,15H,7-10H2,1H3,(H,16,17). The molecule has 4 nitrogen and oxygen atoms in total. The van der Waals surface area contributed by atoms with Crippen molar-refractivity contribution in [1.29, 1.82) is 0 Å². The highest BCUT2D eigenvalue weighted by molar-refractivity contribution is 5.94. The Morgan fingerprint density at radius 3 is 2.78 bits per heavy atom. The van der Waals surface area contributed by atoms with Gasteiger partial charge in [-0.1, -0.05) is 11.6 Å². The van der Waals surface area contributed by atoms with Gasteiger partial charge in [-0.05, 0) is 37.2 Å². The van der Waals surface area contributed by atoms with Crippen molar-refractivity contribution < 1.29 is 9.53 Å². The topological polar surface area (TPSA) is 50.4 Å². The Bertz CT molecular complexity index is 438. The van der Waals surface area contributed by atoms with Crippen LogP contribution in [0.4, 0.5) is 0 Å². The van der Waals surface area contributed by atoms with Crippen molar-refractivity contribution in [2.75, 3.05) is 26.7 Å². The molecule has 0 saturated heterocycles. The molecule has 0 saturated carbocycles. The molecule has 0 spiro atoms. The van der Waals surface area contributed by atoms with Crippen molar-refractivity contribution in [2.24, 2.45) is 0 Å². The minimum absolute atomic E-state index is 0.0444. The monoisotopic (exact) mass is 246 g/mol. The third kappa shape index (κ3) is 3.34. The molecule has 1 aromatic rings. The van der Waals surface area contributed by atoms with Crippen LogP contribution in [0, 0.1) is 0 Å². The van der Waals surface area contributed by atoms with Crippen LogP contribution in [0.15, 0.2) is 35.9 Å². The van der Waals surface area contributed by atoms with Crippen molar-refractivity contribution in [3.05, 3.63) is 41.5 Å². The second-order valence-corrected chi connectivity index (χ2v) is 4.23. The first kappa shape index (κ1) is 12.6. The van der Waals surface area contributed by atoms with E-state index in [-0.39, 0.29) is 5.91 Å². The Morgan fingerprint density at radius 2 is 2.17 bits per heavy atom. The summed E-state index contributed by atoms with van der Waals surface area (Å²) in [5.74, 6) is 0.713. The maximum absolute atomic E-state index is 11.9. The summed E-state index contributed by atoms with van der Waals surface area (Å²) in [6.07, 6.45) is 3.14. The summed E-state index contributed by atoms with van der Waals surface area (Å²) in [5.41, 5.74) is 1.95. The summed E-state index contributed by atoms with van der Waals surface area (Å²) in [4.78, 5) is 11.9. The maximum atomic E-state index is 11.9. The van der Waals surface area contributed by atoms with Crippen LogP contribution in [0.25, 0.3) is 0 Å². The first-order valence-corrected chi connectivity index (χ1v) is 6.10. The first-order chi connectivity index (χ1) is 8.79. The van der Waals surface area contributed by atoms with Crippen molar-refractivity contribution in [3.8, 4) is 5.75 Å². The third-order valence-corrected chi connectivity index (χ3v) is 2.99. The van der Waals surface area contributed by atoms with Gasteiger partial charge in [-0.2, -0.15) is 0 Å². The number of benzene rings is 1. The van der Waals surface area contributed by atoms with Crippen LogP contribution in [-0.2, 0) is 0 Å². The van der Waals surface area contributed by atoms with E-state index in [4.69, 9.17) is 4.74 Å². The van der Waals surface area contributed by atoms with Crippen molar-refractivity contribution in [1.82, 2.24) is 10.6 Å². The fourth-order valence-corrected chi connectivity index (χ4v) is 1.87. The van der Waals surface area contributed by atoms with Crippen LogP contribution >= 0.6 is 0 Å². The molecule has 0 bridgehead atoms. The third-order valence-electron chi connectivity index (χ3n) is 2.99. The highest BCUT2D eigenvalue weighted by Gasteiger charge is 2.07. The van der Waals surface area contributed by atoms with Crippen LogP contribution in [-0.4, -0.2) is 32.7 Å². The molecule has 18 heavy (non-hydrogen) atoms. The van der Waals surface area contributed by atoms with Gasteiger partial charge in [0.2, 0.25) is 0 Å². The van der Waals surface area contributed by atoms with E-state index < -0.39 is 0 Å². The van der Waals surface area contributed by atoms with Crippen LogP contribution in [0.3, 0.4) is 0 Å². The molecule has 0 unspecified atom stereocenters. The zero-order valence-corrected chi connectivity index (χ0v) is 10.5. The number of rotatable bonds is 4. The van der Waals surface area contributed by atoms with Gasteiger partial charge in [0.15, 0.2) is 0 Å². The number of hydrogen-bond acceptors (Lipinski definition) is 3. The fourth-order valence-electron chi connectivity index (χ4n) is 1.87. The number of hydrogen-bond donors (Lipinski definition) is 2. The van der Waals surface area contributed by atoms with Crippen LogP contribution in [0.1, 0.15) is 16.8 Å². The zero-order valence-electron chi connectivity index (χ0n) is 10.5. The van der Waals surface area contributed by atoms with E-state index >= 15 is 0 Å². The number of nitrogens with one attached hydrogen (secondary N) is 2. The summed E-state index contributed by atoms with van der Waals surface area (Å²) in [6, 6.07) is 7.12. The normalized spacial score (nSPS) is 14.8. The fraction of sp³-hybridized carbons (Fsp3) is 0.357. The molecule has 0 atom stereocenters. The lowest BCUT2D eigenvalue weighted by atomic mass is 10.1. The summed E-state index contributed by atoms with van der Waals surface area (Å²) in [5, 5.41) is 6.17. The second-order valence-electron chi connectivity index (χ2n) is 4.23. The van der Waals surface area contributed by atoms with Gasteiger partial charge in [0.05, 0.1) is 7.11 Å². The lowest BCUT2D eigenvalue weighted by Gasteiger charge is -2.14. The highest BCUT2D eigenvalue weighted by atomic mass is 16.5. The molecule has 1 amide bonds. The molecule has 4 heteroatoms. The average Bonchev–Trinajstić information content (AvgIpc) is 2.46. The number of carbonyl (C=O) groups excluding carboxylic acids is 1. The van der Waals surface area contributed by atoms with Gasteiger partial charge < -0.3 is 15.4 Å². The quantitative estimate of drug-likeness (QED) is 0.788. The van der Waals surface area contributed by atoms with E-state index in [1.807, 2.05) is 0 Å². The maximum Gasteiger partial charge on any atom is 0.251 e. The molecule has 96 valence electrons. The summed E-state index contributed by atoms with van der Waals surface area (Å²) in [6.45, 7) is 2.52. The Labute approximate surface area is 107 Å². The molecule has 2 rings (SSSR count). The minimum Gasteiger partial charge on any atom is -0.497 e. The molecular formula is C14H18N2O2. The molecule has 0 radical (unpaired) electrons. The van der Waals surface area contributed by atoms with Gasteiger partial charge in [0.1, 0.15) is 5.75 Å². The molecule has 1 aliphatic rings. The van der Waals surface area contributed by atoms with Gasteiger partial charge in [0.25, 0.3) is 5.91 Å². The lowest BCUT2D eigenvalue weighted by molar-refractivity contribution is 0.0956. The van der Waals surface area contributed by atoms with Gasteiger partial charge >= 0.3 is 0 Å². The number of carbonyl (C=O) groups is 1. The van der Waals surface area contributed by atoms with E-state index in [0.717, 1.165) is 25.3 Å². The number of ether oxygens (including phenoxy) is 1. The van der Waals surface area contributed by atoms with E-state index in [2.05, 4.69) is 16.7 Å². The Kier molecular flexibility index (Phi) is 4.36. The number of amides is 1. The van der Waals surface area contributed by atoms with Crippen LogP contribution in [0.5, 0.6) is 5.75 Å². The molecule has 0 fully saturated rings. The van der Waals surface area contributed by atoms with Crippen molar-refractivity contribution in [3.63, 3.8) is 0 Å². The largest absolute Gasteiger partial charge is 0.497 e. The summed E-state index contributed by atoms with van der Waals surface area (Å²) < 4.78 is 5.06. The molecule has 2 N–H and O–H groups in total. The summed E-state index contributed by atoms with van der Waals surface area (Å²) >= 11 is 0. The average molecular weight is 246 g/mol. The highest BCUT2D eigenvalue weighted by Crippen LogP contribution is 2.11. The Morgan fingerprint density at radius 1 is 1.39 bits per heavy atom. The smallest absolute Gasteiger partial charge is 0.251 e. The zero-order chi connectivity index (χ0) is 12.8. The molecular weight excluding hydrogens is 228 g/mol. The Hall–Kier alpha value is -1.81. The van der Waals surface area contributed by atoms with Gasteiger partial charge in [-0.25, -0.2) is 0 Å². The van der Waals surface area contributed by atoms with E-state index in [1.54, 1.807) is 31.4 Å². The van der Waals surface area contributed by atoms with Gasteiger partial charge in [-0.15, -0.1) is 0 Å². The predicted octanol–water partition coefficient (Wildman–Crippen LogP) is 1.34. The van der Waals surface area contributed by atoms with Crippen LogP contribution in [0.2, 0.25) is 0 Å². The molecule has 1 aliphatic heterocycles. The van der Waals surface area contributed by atoms with E-state index in [0.29, 0.717) is 12.1 Å². The first-order valence-electron chi connectivity index (χ1n) is 6.10. The van der Waals surface area contributed by atoms with Crippen molar-refractivity contribution in [2.45, 2.75) is 6.42 Å². The van der Waals surface area contributed by atoms with Gasteiger partial charge in [0, 0.05) is 18.7 Å². The van der Waals surface area contributed by atoms with Crippen LogP contribution < -0.4 is 15.4 Å². The van der Waals surface area contributed by atoms with Crippen molar-refractivity contribution >= 4 is 5.91 Å². The van der Waals surface area contributed by atoms with Gasteiger partial charge in [-0.3, -0.25) is 4.79 Å². The lowest BCUT2D eigenvalue weighted by Crippen LogP contribution is -2.29. The second kappa shape index (κ2) is 6.21. The molecule has 1 aromatic carbocycles. The Balaban J connectivity index is 1.88. The minimum atomic E-state index is -0.0444. The number of methoxy groups -OCH3 is 1. The van der Waals surface area contributed by atoms with E-state index in [9.17, 15) is 4.79 Å². The predicted molar refractivity (Wildman–Crippen MR) is 70.9 cm³/mol. The molecule has 1 heterocycles. The summed E-state index contributed by atoms with van der Waals surface area (Å²) in [7, 11) is 1.61. The van der Waals surface area contributed by atoms with E-state index in [1.165, 1.54) is 5.57 Å².